The summed E-state index contributed by atoms with van der Waals surface area (Å²) in [5.74, 6) is 0.714. The summed E-state index contributed by atoms with van der Waals surface area (Å²) < 4.78 is 0. The summed E-state index contributed by atoms with van der Waals surface area (Å²) in [5, 5.41) is 4.73. The minimum atomic E-state index is -0.120. The van der Waals surface area contributed by atoms with E-state index in [9.17, 15) is 0 Å². The molecule has 1 aliphatic carbocycles. The second kappa shape index (κ2) is 12.3. The third-order valence-electron chi connectivity index (χ3n) is 11.1. The molecule has 0 saturated carbocycles. The Bertz CT molecular complexity index is 2850. The summed E-state index contributed by atoms with van der Waals surface area (Å²) >= 11 is 0. The molecule has 0 radical (unpaired) electrons. The summed E-state index contributed by atoms with van der Waals surface area (Å²) in [4.78, 5) is 10.6. The average molecular weight is 677 g/mol. The van der Waals surface area contributed by atoms with Crippen LogP contribution >= 0.6 is 0 Å². The Hall–Kier alpha value is -6.64. The average Bonchev–Trinajstić information content (AvgIpc) is 3.46. The molecule has 0 N–H and O–H groups in total. The van der Waals surface area contributed by atoms with Crippen molar-refractivity contribution in [2.45, 2.75) is 19.3 Å². The maximum Gasteiger partial charge on any atom is 0.161 e. The van der Waals surface area contributed by atoms with Gasteiger partial charge in [-0.25, -0.2) is 9.97 Å². The van der Waals surface area contributed by atoms with Crippen LogP contribution < -0.4 is 0 Å². The molecule has 1 heterocycles. The van der Waals surface area contributed by atoms with Crippen molar-refractivity contribution in [2.24, 2.45) is 0 Å². The Morgan fingerprint density at radius 1 is 0.358 bits per heavy atom. The number of aromatic nitrogens is 2. The number of nitrogens with zero attached hydrogens (tertiary/aromatic N) is 2. The molecule has 0 aliphatic heterocycles. The van der Waals surface area contributed by atoms with Crippen LogP contribution in [0.1, 0.15) is 25.0 Å². The molecule has 10 rings (SSSR count). The van der Waals surface area contributed by atoms with E-state index in [0.717, 1.165) is 33.5 Å². The van der Waals surface area contributed by atoms with Gasteiger partial charge in [0, 0.05) is 22.1 Å². The number of hydrogen-bond acceptors (Lipinski definition) is 2. The normalized spacial score (nSPS) is 12.9. The van der Waals surface area contributed by atoms with Crippen LogP contribution in [0.15, 0.2) is 182 Å². The molecule has 9 aromatic rings. The van der Waals surface area contributed by atoms with Gasteiger partial charge in [0.05, 0.1) is 11.4 Å². The van der Waals surface area contributed by atoms with Gasteiger partial charge in [0.25, 0.3) is 0 Å². The fourth-order valence-electron chi connectivity index (χ4n) is 8.48. The predicted molar refractivity (Wildman–Crippen MR) is 222 cm³/mol. The molecule has 0 atom stereocenters. The maximum atomic E-state index is 5.32. The van der Waals surface area contributed by atoms with E-state index in [1.54, 1.807) is 0 Å². The molecule has 8 aromatic carbocycles. The molecule has 0 spiro atoms. The summed E-state index contributed by atoms with van der Waals surface area (Å²) in [7, 11) is 0. The molecule has 2 heteroatoms. The number of benzene rings is 8. The molecule has 0 fully saturated rings. The SMILES string of the molecule is CC1(C)c2ccccc2-c2cccc(-c3ccc(-c4nc(-c5ccc(-c6ccccc6)cc5)cc(-c5ccc6ccccc6c5)n4)c4ccccc34)c21. The Kier molecular flexibility index (Phi) is 7.19. The molecule has 0 saturated heterocycles. The molecule has 250 valence electrons. The van der Waals surface area contributed by atoms with Crippen LogP contribution in [0.4, 0.5) is 0 Å². The standard InChI is InChI=1S/C51H36N2/c1-51(2)46-22-11-10-19-42(46)44-21-12-20-43(49(44)51)41-29-30-45(40-18-9-8-17-39(40)41)50-52-47(36-26-23-35(24-27-36)33-13-4-3-5-14-33)32-48(53-50)38-28-25-34-15-6-7-16-37(34)31-38/h3-32H,1-2H3. The van der Waals surface area contributed by atoms with Gasteiger partial charge >= 0.3 is 0 Å². The predicted octanol–water partition coefficient (Wildman–Crippen LogP) is 13.4. The first-order chi connectivity index (χ1) is 26.0. The summed E-state index contributed by atoms with van der Waals surface area (Å²) in [5.41, 5.74) is 15.1. The molecular weight excluding hydrogens is 641 g/mol. The van der Waals surface area contributed by atoms with Gasteiger partial charge in [-0.1, -0.05) is 178 Å². The van der Waals surface area contributed by atoms with Gasteiger partial charge in [-0.3, -0.25) is 0 Å². The van der Waals surface area contributed by atoms with Gasteiger partial charge in [-0.05, 0) is 84.3 Å². The topological polar surface area (TPSA) is 25.8 Å². The minimum absolute atomic E-state index is 0.120. The molecule has 1 aromatic heterocycles. The number of rotatable bonds is 5. The zero-order chi connectivity index (χ0) is 35.5. The molecular formula is C51H36N2. The van der Waals surface area contributed by atoms with E-state index in [4.69, 9.17) is 9.97 Å². The summed E-state index contributed by atoms with van der Waals surface area (Å²) in [6, 6.07) is 65.3. The van der Waals surface area contributed by atoms with Crippen molar-refractivity contribution in [3.05, 3.63) is 193 Å². The second-order valence-corrected chi connectivity index (χ2v) is 14.6. The van der Waals surface area contributed by atoms with Crippen LogP contribution in [0.2, 0.25) is 0 Å². The lowest BCUT2D eigenvalue weighted by molar-refractivity contribution is 0.662. The lowest BCUT2D eigenvalue weighted by atomic mass is 9.78. The third kappa shape index (κ3) is 5.18. The van der Waals surface area contributed by atoms with Crippen LogP contribution in [-0.4, -0.2) is 9.97 Å². The van der Waals surface area contributed by atoms with Gasteiger partial charge in [0.2, 0.25) is 0 Å². The summed E-state index contributed by atoms with van der Waals surface area (Å²) in [6.45, 7) is 4.72. The molecule has 1 aliphatic rings. The van der Waals surface area contributed by atoms with E-state index < -0.39 is 0 Å². The van der Waals surface area contributed by atoms with Crippen LogP contribution in [0.5, 0.6) is 0 Å². The fraction of sp³-hybridized carbons (Fsp3) is 0.0588. The third-order valence-corrected chi connectivity index (χ3v) is 11.1. The minimum Gasteiger partial charge on any atom is -0.228 e. The van der Waals surface area contributed by atoms with E-state index >= 15 is 0 Å². The zero-order valence-corrected chi connectivity index (χ0v) is 29.7. The van der Waals surface area contributed by atoms with E-state index in [-0.39, 0.29) is 5.41 Å². The monoisotopic (exact) mass is 676 g/mol. The smallest absolute Gasteiger partial charge is 0.161 e. The molecule has 0 bridgehead atoms. The Morgan fingerprint density at radius 3 is 1.70 bits per heavy atom. The maximum absolute atomic E-state index is 5.32. The van der Waals surface area contributed by atoms with Crippen LogP contribution in [0.25, 0.3) is 88.8 Å². The Labute approximate surface area is 310 Å². The van der Waals surface area contributed by atoms with Crippen molar-refractivity contribution in [1.29, 1.82) is 0 Å². The van der Waals surface area contributed by atoms with Crippen LogP contribution in [0.3, 0.4) is 0 Å². The van der Waals surface area contributed by atoms with Gasteiger partial charge in [-0.15, -0.1) is 0 Å². The van der Waals surface area contributed by atoms with E-state index in [2.05, 4.69) is 196 Å². The quantitative estimate of drug-likeness (QED) is 0.181. The highest BCUT2D eigenvalue weighted by atomic mass is 14.9. The Morgan fingerprint density at radius 2 is 0.906 bits per heavy atom. The first-order valence-electron chi connectivity index (χ1n) is 18.3. The first-order valence-corrected chi connectivity index (χ1v) is 18.3. The molecule has 0 amide bonds. The van der Waals surface area contributed by atoms with Gasteiger partial charge in [0.15, 0.2) is 5.82 Å². The lowest BCUT2D eigenvalue weighted by Crippen LogP contribution is -2.16. The molecule has 2 nitrogen and oxygen atoms in total. The first kappa shape index (κ1) is 31.1. The lowest BCUT2D eigenvalue weighted by Gasteiger charge is -2.25. The van der Waals surface area contributed by atoms with Crippen molar-refractivity contribution in [2.75, 3.05) is 0 Å². The highest BCUT2D eigenvalue weighted by Crippen LogP contribution is 2.53. The zero-order valence-electron chi connectivity index (χ0n) is 29.7. The number of fused-ring (bicyclic) bond motifs is 5. The summed E-state index contributed by atoms with van der Waals surface area (Å²) in [6.07, 6.45) is 0. The highest BCUT2D eigenvalue weighted by Gasteiger charge is 2.37. The van der Waals surface area contributed by atoms with Crippen LogP contribution in [0, 0.1) is 0 Å². The molecule has 0 unspecified atom stereocenters. The van der Waals surface area contributed by atoms with Crippen molar-refractivity contribution >= 4 is 21.5 Å². The van der Waals surface area contributed by atoms with E-state index in [0.29, 0.717) is 5.82 Å². The van der Waals surface area contributed by atoms with E-state index in [1.165, 1.54) is 60.7 Å². The fourth-order valence-corrected chi connectivity index (χ4v) is 8.48. The molecule has 53 heavy (non-hydrogen) atoms. The van der Waals surface area contributed by atoms with Crippen molar-refractivity contribution in [3.63, 3.8) is 0 Å². The van der Waals surface area contributed by atoms with Gasteiger partial charge in [0.1, 0.15) is 0 Å². The van der Waals surface area contributed by atoms with Crippen molar-refractivity contribution in [1.82, 2.24) is 9.97 Å². The van der Waals surface area contributed by atoms with Crippen LogP contribution in [-0.2, 0) is 5.41 Å². The van der Waals surface area contributed by atoms with E-state index in [1.807, 2.05) is 0 Å². The van der Waals surface area contributed by atoms with Gasteiger partial charge in [-0.2, -0.15) is 0 Å². The highest BCUT2D eigenvalue weighted by molar-refractivity contribution is 6.06. The van der Waals surface area contributed by atoms with Crippen molar-refractivity contribution in [3.8, 4) is 67.3 Å². The number of hydrogen-bond donors (Lipinski definition) is 0. The Balaban J connectivity index is 1.15. The second-order valence-electron chi connectivity index (χ2n) is 14.6. The largest absolute Gasteiger partial charge is 0.228 e. The van der Waals surface area contributed by atoms with Gasteiger partial charge < -0.3 is 0 Å². The van der Waals surface area contributed by atoms with Crippen molar-refractivity contribution < 1.29 is 0 Å².